The van der Waals surface area contributed by atoms with Crippen molar-refractivity contribution in [2.24, 2.45) is 0 Å². The highest BCUT2D eigenvalue weighted by Gasteiger charge is 2.13. The average molecular weight is 370 g/mol. The minimum absolute atomic E-state index is 0.0302. The van der Waals surface area contributed by atoms with Crippen LogP contribution in [0.4, 0.5) is 11.4 Å². The van der Waals surface area contributed by atoms with E-state index in [0.717, 1.165) is 5.56 Å². The summed E-state index contributed by atoms with van der Waals surface area (Å²) in [4.78, 5) is 10.5. The van der Waals surface area contributed by atoms with Crippen LogP contribution in [0.2, 0.25) is 10.0 Å². The van der Waals surface area contributed by atoms with Crippen molar-refractivity contribution in [1.82, 2.24) is 5.32 Å². The zero-order chi connectivity index (χ0) is 16.8. The zero-order valence-corrected chi connectivity index (χ0v) is 14.2. The van der Waals surface area contributed by atoms with E-state index in [9.17, 15) is 10.1 Å². The monoisotopic (exact) mass is 369 g/mol. The van der Waals surface area contributed by atoms with E-state index < -0.39 is 4.92 Å². The van der Waals surface area contributed by atoms with Gasteiger partial charge in [0.05, 0.1) is 4.92 Å². The van der Waals surface area contributed by atoms with E-state index in [1.807, 2.05) is 6.07 Å². The van der Waals surface area contributed by atoms with E-state index in [1.54, 1.807) is 30.3 Å². The second-order valence-corrected chi connectivity index (χ2v) is 5.89. The summed E-state index contributed by atoms with van der Waals surface area (Å²) in [7, 11) is 0. The highest BCUT2D eigenvalue weighted by atomic mass is 35.5. The Bertz CT molecular complexity index is 740. The number of hydrogen-bond donors (Lipinski definition) is 2. The van der Waals surface area contributed by atoms with Crippen LogP contribution < -0.4 is 10.6 Å². The lowest BCUT2D eigenvalue weighted by molar-refractivity contribution is -0.383. The maximum absolute atomic E-state index is 10.9. The zero-order valence-electron chi connectivity index (χ0n) is 11.9. The molecule has 0 unspecified atom stereocenters. The molecule has 0 atom stereocenters. The fraction of sp³-hybridized carbons (Fsp3) is 0.133. The molecule has 0 radical (unpaired) electrons. The molecule has 0 aromatic heterocycles. The van der Waals surface area contributed by atoms with Crippen molar-refractivity contribution in [3.63, 3.8) is 0 Å². The number of para-hydroxylation sites is 2. The number of nitrogens with zero attached hydrogens (tertiary/aromatic N) is 1. The smallest absolute Gasteiger partial charge is 0.292 e. The SMILES string of the molecule is O=[N+]([O-])c1ccccc1NC(=S)NCCc1ccc(Cl)cc1Cl. The quantitative estimate of drug-likeness (QED) is 0.463. The number of nitro groups is 1. The molecule has 0 aliphatic rings. The molecule has 2 aromatic carbocycles. The number of benzene rings is 2. The van der Waals surface area contributed by atoms with Gasteiger partial charge in [-0.05, 0) is 42.4 Å². The molecule has 120 valence electrons. The van der Waals surface area contributed by atoms with Crippen molar-refractivity contribution in [2.45, 2.75) is 6.42 Å². The Labute approximate surface area is 148 Å². The lowest BCUT2D eigenvalue weighted by Gasteiger charge is -2.11. The number of anilines is 1. The molecule has 2 N–H and O–H groups in total. The highest BCUT2D eigenvalue weighted by Crippen LogP contribution is 2.23. The van der Waals surface area contributed by atoms with Gasteiger partial charge in [0.2, 0.25) is 0 Å². The van der Waals surface area contributed by atoms with Crippen LogP contribution in [-0.4, -0.2) is 16.6 Å². The van der Waals surface area contributed by atoms with Crippen molar-refractivity contribution in [2.75, 3.05) is 11.9 Å². The maximum Gasteiger partial charge on any atom is 0.292 e. The predicted octanol–water partition coefficient (Wildman–Crippen LogP) is 4.43. The molecule has 0 aliphatic carbocycles. The van der Waals surface area contributed by atoms with Crippen LogP contribution in [0.1, 0.15) is 5.56 Å². The van der Waals surface area contributed by atoms with E-state index in [2.05, 4.69) is 10.6 Å². The first-order valence-electron chi connectivity index (χ1n) is 6.69. The second kappa shape index (κ2) is 8.10. The van der Waals surface area contributed by atoms with Crippen LogP contribution in [0.3, 0.4) is 0 Å². The summed E-state index contributed by atoms with van der Waals surface area (Å²) >= 11 is 17.1. The van der Waals surface area contributed by atoms with Gasteiger partial charge in [0.25, 0.3) is 5.69 Å². The van der Waals surface area contributed by atoms with Crippen LogP contribution in [-0.2, 0) is 6.42 Å². The van der Waals surface area contributed by atoms with E-state index in [0.29, 0.717) is 33.8 Å². The Morgan fingerprint density at radius 3 is 2.65 bits per heavy atom. The summed E-state index contributed by atoms with van der Waals surface area (Å²) in [5.41, 5.74) is 1.26. The molecule has 0 aliphatic heterocycles. The summed E-state index contributed by atoms with van der Waals surface area (Å²) in [5.74, 6) is 0. The number of hydrogen-bond acceptors (Lipinski definition) is 3. The fourth-order valence-electron chi connectivity index (χ4n) is 1.94. The Balaban J connectivity index is 1.90. The van der Waals surface area contributed by atoms with E-state index in [4.69, 9.17) is 35.4 Å². The Morgan fingerprint density at radius 2 is 1.96 bits per heavy atom. The third-order valence-electron chi connectivity index (χ3n) is 3.04. The Hall–Kier alpha value is -1.89. The minimum atomic E-state index is -0.460. The largest absolute Gasteiger partial charge is 0.362 e. The van der Waals surface area contributed by atoms with Crippen molar-refractivity contribution >= 4 is 51.9 Å². The summed E-state index contributed by atoms with van der Waals surface area (Å²) < 4.78 is 0. The van der Waals surface area contributed by atoms with Gasteiger partial charge in [-0.3, -0.25) is 10.1 Å². The molecule has 2 aromatic rings. The molecule has 5 nitrogen and oxygen atoms in total. The third-order valence-corrected chi connectivity index (χ3v) is 3.88. The van der Waals surface area contributed by atoms with Crippen LogP contribution in [0.25, 0.3) is 0 Å². The average Bonchev–Trinajstić information content (AvgIpc) is 2.50. The van der Waals surface area contributed by atoms with Gasteiger partial charge < -0.3 is 10.6 Å². The molecular formula is C15H13Cl2N3O2S. The molecular weight excluding hydrogens is 357 g/mol. The standard InChI is InChI=1S/C15H13Cl2N3O2S/c16-11-6-5-10(12(17)9-11)7-8-18-15(23)19-13-3-1-2-4-14(13)20(21)22/h1-6,9H,7-8H2,(H2,18,19,23). The molecule has 2 rings (SSSR count). The van der Waals surface area contributed by atoms with Gasteiger partial charge in [-0.1, -0.05) is 41.4 Å². The van der Waals surface area contributed by atoms with Gasteiger partial charge in [0, 0.05) is 22.7 Å². The topological polar surface area (TPSA) is 67.2 Å². The molecule has 0 saturated carbocycles. The van der Waals surface area contributed by atoms with Crippen molar-refractivity contribution in [3.8, 4) is 0 Å². The summed E-state index contributed by atoms with van der Waals surface area (Å²) in [6.45, 7) is 0.536. The normalized spacial score (nSPS) is 10.2. The van der Waals surface area contributed by atoms with E-state index >= 15 is 0 Å². The first kappa shape index (κ1) is 17.5. The van der Waals surface area contributed by atoms with Gasteiger partial charge in [-0.2, -0.15) is 0 Å². The molecule has 0 bridgehead atoms. The van der Waals surface area contributed by atoms with Gasteiger partial charge in [-0.25, -0.2) is 0 Å². The van der Waals surface area contributed by atoms with Crippen LogP contribution in [0, 0.1) is 10.1 Å². The molecule has 0 spiro atoms. The molecule has 0 heterocycles. The highest BCUT2D eigenvalue weighted by molar-refractivity contribution is 7.80. The van der Waals surface area contributed by atoms with Gasteiger partial charge in [-0.15, -0.1) is 0 Å². The number of rotatable bonds is 5. The predicted molar refractivity (Wildman–Crippen MR) is 97.5 cm³/mol. The first-order chi connectivity index (χ1) is 11.0. The van der Waals surface area contributed by atoms with Crippen molar-refractivity contribution < 1.29 is 4.92 Å². The second-order valence-electron chi connectivity index (χ2n) is 4.64. The number of thiocarbonyl (C=S) groups is 1. The van der Waals surface area contributed by atoms with Gasteiger partial charge in [0.1, 0.15) is 5.69 Å². The maximum atomic E-state index is 10.9. The fourth-order valence-corrected chi connectivity index (χ4v) is 2.66. The summed E-state index contributed by atoms with van der Waals surface area (Å²) in [6, 6.07) is 11.6. The Morgan fingerprint density at radius 1 is 1.22 bits per heavy atom. The van der Waals surface area contributed by atoms with Gasteiger partial charge in [0.15, 0.2) is 5.11 Å². The number of nitrogens with one attached hydrogen (secondary N) is 2. The minimum Gasteiger partial charge on any atom is -0.362 e. The molecule has 0 saturated heterocycles. The molecule has 0 fully saturated rings. The molecule has 0 amide bonds. The lowest BCUT2D eigenvalue weighted by Crippen LogP contribution is -2.30. The van der Waals surface area contributed by atoms with Gasteiger partial charge >= 0.3 is 0 Å². The first-order valence-corrected chi connectivity index (χ1v) is 7.86. The van der Waals surface area contributed by atoms with Crippen molar-refractivity contribution in [3.05, 3.63) is 68.2 Å². The molecule has 23 heavy (non-hydrogen) atoms. The van der Waals surface area contributed by atoms with Crippen LogP contribution in [0.5, 0.6) is 0 Å². The molecule has 8 heteroatoms. The lowest BCUT2D eigenvalue weighted by atomic mass is 10.1. The summed E-state index contributed by atoms with van der Waals surface area (Å²) in [6.07, 6.45) is 0.648. The van der Waals surface area contributed by atoms with E-state index in [1.165, 1.54) is 6.07 Å². The Kier molecular flexibility index (Phi) is 6.15. The summed E-state index contributed by atoms with van der Waals surface area (Å²) in [5, 5.41) is 18.3. The number of nitro benzene ring substituents is 1. The third kappa shape index (κ3) is 5.06. The van der Waals surface area contributed by atoms with Crippen molar-refractivity contribution in [1.29, 1.82) is 0 Å². The van der Waals surface area contributed by atoms with Crippen LogP contribution in [0.15, 0.2) is 42.5 Å². The van der Waals surface area contributed by atoms with E-state index in [-0.39, 0.29) is 5.69 Å². The number of halogens is 2. The van der Waals surface area contributed by atoms with Crippen LogP contribution >= 0.6 is 35.4 Å².